The normalized spacial score (nSPS) is 10.2. The molecule has 0 atom stereocenters. The summed E-state index contributed by atoms with van der Waals surface area (Å²) in [6, 6.07) is 4.25. The minimum Gasteiger partial charge on any atom is -0.490 e. The molecule has 19 heavy (non-hydrogen) atoms. The van der Waals surface area contributed by atoms with Crippen molar-refractivity contribution in [2.24, 2.45) is 11.7 Å². The van der Waals surface area contributed by atoms with E-state index in [2.05, 4.69) is 25.7 Å². The molecule has 0 saturated heterocycles. The maximum Gasteiger partial charge on any atom is 0.135 e. The molecular weight excluding hydrogens is 245 g/mol. The van der Waals surface area contributed by atoms with E-state index >= 15 is 0 Å². The maximum absolute atomic E-state index is 13.1. The highest BCUT2D eigenvalue weighted by Gasteiger charge is 2.03. The lowest BCUT2D eigenvalue weighted by Crippen LogP contribution is -2.10. The summed E-state index contributed by atoms with van der Waals surface area (Å²) in [5.74, 6) is 6.19. The largest absolute Gasteiger partial charge is 0.490 e. The molecule has 0 unspecified atom stereocenters. The SMILES string of the molecule is CC(C)COCCOc1ccc(F)cc1C#CCN. The standard InChI is InChI=1S/C15H20FNO2/c1-12(2)11-18-8-9-19-15-6-5-14(16)10-13(15)4-3-7-17/h5-6,10,12H,7-9,11,17H2,1-2H3. The number of hydrogen-bond donors (Lipinski definition) is 1. The van der Waals surface area contributed by atoms with Gasteiger partial charge >= 0.3 is 0 Å². The van der Waals surface area contributed by atoms with Crippen molar-refractivity contribution in [3.63, 3.8) is 0 Å². The Bertz CT molecular complexity index is 449. The third-order valence-electron chi connectivity index (χ3n) is 2.20. The fourth-order valence-corrected chi connectivity index (χ4v) is 1.40. The van der Waals surface area contributed by atoms with Crippen LogP contribution in [0.1, 0.15) is 19.4 Å². The summed E-state index contributed by atoms with van der Waals surface area (Å²) < 4.78 is 24.1. The minimum atomic E-state index is -0.343. The van der Waals surface area contributed by atoms with Crippen LogP contribution in [0.5, 0.6) is 5.75 Å². The third kappa shape index (κ3) is 6.23. The van der Waals surface area contributed by atoms with Crippen molar-refractivity contribution in [2.75, 3.05) is 26.4 Å². The van der Waals surface area contributed by atoms with Gasteiger partial charge in [-0.2, -0.15) is 0 Å². The van der Waals surface area contributed by atoms with Crippen molar-refractivity contribution in [1.82, 2.24) is 0 Å². The van der Waals surface area contributed by atoms with Gasteiger partial charge in [-0.1, -0.05) is 25.7 Å². The summed E-state index contributed by atoms with van der Waals surface area (Å²) in [6.45, 7) is 6.01. The highest BCUT2D eigenvalue weighted by molar-refractivity contribution is 5.46. The molecule has 0 saturated carbocycles. The number of halogens is 1. The zero-order valence-corrected chi connectivity index (χ0v) is 11.4. The Kier molecular flexibility index (Phi) is 6.94. The van der Waals surface area contributed by atoms with Crippen LogP contribution in [-0.4, -0.2) is 26.4 Å². The lowest BCUT2D eigenvalue weighted by molar-refractivity contribution is 0.0818. The first kappa shape index (κ1) is 15.5. The molecule has 2 N–H and O–H groups in total. The van der Waals surface area contributed by atoms with Gasteiger partial charge in [-0.15, -0.1) is 0 Å². The Balaban J connectivity index is 2.52. The maximum atomic E-state index is 13.1. The van der Waals surface area contributed by atoms with Gasteiger partial charge in [0, 0.05) is 6.61 Å². The molecule has 0 bridgehead atoms. The molecule has 1 aromatic rings. The summed E-state index contributed by atoms with van der Waals surface area (Å²) in [7, 11) is 0. The third-order valence-corrected chi connectivity index (χ3v) is 2.20. The summed E-state index contributed by atoms with van der Waals surface area (Å²) in [6.07, 6.45) is 0. The first-order chi connectivity index (χ1) is 9.13. The fraction of sp³-hybridized carbons (Fsp3) is 0.467. The lowest BCUT2D eigenvalue weighted by Gasteiger charge is -2.10. The van der Waals surface area contributed by atoms with E-state index in [9.17, 15) is 4.39 Å². The van der Waals surface area contributed by atoms with Crippen molar-refractivity contribution in [3.05, 3.63) is 29.6 Å². The van der Waals surface area contributed by atoms with Crippen molar-refractivity contribution < 1.29 is 13.9 Å². The monoisotopic (exact) mass is 265 g/mol. The van der Waals surface area contributed by atoms with Crippen LogP contribution in [0.3, 0.4) is 0 Å². The predicted molar refractivity (Wildman–Crippen MR) is 73.5 cm³/mol. The zero-order valence-electron chi connectivity index (χ0n) is 11.4. The molecular formula is C15H20FNO2. The Morgan fingerprint density at radius 3 is 2.79 bits per heavy atom. The van der Waals surface area contributed by atoms with Crippen LogP contribution in [0.25, 0.3) is 0 Å². The van der Waals surface area contributed by atoms with Gasteiger partial charge in [-0.05, 0) is 24.1 Å². The Morgan fingerprint density at radius 2 is 2.11 bits per heavy atom. The van der Waals surface area contributed by atoms with Gasteiger partial charge in [0.15, 0.2) is 0 Å². The van der Waals surface area contributed by atoms with E-state index in [4.69, 9.17) is 15.2 Å². The molecule has 0 aliphatic rings. The van der Waals surface area contributed by atoms with Crippen LogP contribution in [-0.2, 0) is 4.74 Å². The average molecular weight is 265 g/mol. The summed E-state index contributed by atoms with van der Waals surface area (Å²) in [5, 5.41) is 0. The highest BCUT2D eigenvalue weighted by Crippen LogP contribution is 2.18. The minimum absolute atomic E-state index is 0.230. The van der Waals surface area contributed by atoms with E-state index in [1.54, 1.807) is 6.07 Å². The zero-order chi connectivity index (χ0) is 14.1. The second-order valence-corrected chi connectivity index (χ2v) is 4.46. The summed E-state index contributed by atoms with van der Waals surface area (Å²) in [5.41, 5.74) is 5.81. The second kappa shape index (κ2) is 8.52. The average Bonchev–Trinajstić information content (AvgIpc) is 2.37. The fourth-order valence-electron chi connectivity index (χ4n) is 1.40. The summed E-state index contributed by atoms with van der Waals surface area (Å²) >= 11 is 0. The second-order valence-electron chi connectivity index (χ2n) is 4.46. The van der Waals surface area contributed by atoms with Crippen molar-refractivity contribution in [3.8, 4) is 17.6 Å². The molecule has 0 heterocycles. The van der Waals surface area contributed by atoms with Gasteiger partial charge in [0.05, 0.1) is 18.7 Å². The van der Waals surface area contributed by atoms with Crippen molar-refractivity contribution >= 4 is 0 Å². The van der Waals surface area contributed by atoms with Crippen LogP contribution < -0.4 is 10.5 Å². The highest BCUT2D eigenvalue weighted by atomic mass is 19.1. The number of ether oxygens (including phenoxy) is 2. The van der Waals surface area contributed by atoms with E-state index < -0.39 is 0 Å². The smallest absolute Gasteiger partial charge is 0.135 e. The molecule has 4 heteroatoms. The Hall–Kier alpha value is -1.57. The molecule has 0 radical (unpaired) electrons. The number of hydrogen-bond acceptors (Lipinski definition) is 3. The van der Waals surface area contributed by atoms with Gasteiger partial charge in [-0.3, -0.25) is 0 Å². The van der Waals surface area contributed by atoms with E-state index in [1.165, 1.54) is 12.1 Å². The van der Waals surface area contributed by atoms with E-state index in [-0.39, 0.29) is 12.4 Å². The van der Waals surface area contributed by atoms with E-state index in [0.717, 1.165) is 0 Å². The topological polar surface area (TPSA) is 44.5 Å². The molecule has 0 aliphatic carbocycles. The number of benzene rings is 1. The quantitative estimate of drug-likeness (QED) is 0.633. The first-order valence-electron chi connectivity index (χ1n) is 6.32. The van der Waals surface area contributed by atoms with Gasteiger partial charge in [-0.25, -0.2) is 4.39 Å². The Labute approximate surface area is 113 Å². The van der Waals surface area contributed by atoms with Crippen LogP contribution >= 0.6 is 0 Å². The van der Waals surface area contributed by atoms with Crippen molar-refractivity contribution in [1.29, 1.82) is 0 Å². The first-order valence-corrected chi connectivity index (χ1v) is 6.32. The molecule has 0 aromatic heterocycles. The van der Waals surface area contributed by atoms with Crippen LogP contribution in [0, 0.1) is 23.6 Å². The molecule has 104 valence electrons. The lowest BCUT2D eigenvalue weighted by atomic mass is 10.2. The Morgan fingerprint density at radius 1 is 1.32 bits per heavy atom. The van der Waals surface area contributed by atoms with Crippen LogP contribution in [0.4, 0.5) is 4.39 Å². The van der Waals surface area contributed by atoms with Crippen LogP contribution in [0.2, 0.25) is 0 Å². The predicted octanol–water partition coefficient (Wildman–Crippen LogP) is 2.19. The number of rotatable bonds is 6. The summed E-state index contributed by atoms with van der Waals surface area (Å²) in [4.78, 5) is 0. The number of nitrogens with two attached hydrogens (primary N) is 1. The van der Waals surface area contributed by atoms with Gasteiger partial charge in [0.1, 0.15) is 18.2 Å². The molecule has 3 nitrogen and oxygen atoms in total. The molecule has 0 amide bonds. The van der Waals surface area contributed by atoms with Crippen LogP contribution in [0.15, 0.2) is 18.2 Å². The molecule has 0 aliphatic heterocycles. The van der Waals surface area contributed by atoms with Gasteiger partial charge < -0.3 is 15.2 Å². The van der Waals surface area contributed by atoms with Gasteiger partial charge in [0.25, 0.3) is 0 Å². The van der Waals surface area contributed by atoms with Gasteiger partial charge in [0.2, 0.25) is 0 Å². The van der Waals surface area contributed by atoms with E-state index in [0.29, 0.717) is 37.1 Å². The van der Waals surface area contributed by atoms with Crippen molar-refractivity contribution in [2.45, 2.75) is 13.8 Å². The molecule has 1 rings (SSSR count). The van der Waals surface area contributed by atoms with E-state index in [1.807, 2.05) is 0 Å². The molecule has 0 fully saturated rings. The molecule has 0 spiro atoms. The molecule has 1 aromatic carbocycles.